The molecule has 3 rings (SSSR count). The maximum atomic E-state index is 14.2. The van der Waals surface area contributed by atoms with Gasteiger partial charge in [0.25, 0.3) is 0 Å². The van der Waals surface area contributed by atoms with Gasteiger partial charge in [0.05, 0.1) is 11.6 Å². The van der Waals surface area contributed by atoms with Crippen molar-refractivity contribution in [1.29, 1.82) is 5.26 Å². The van der Waals surface area contributed by atoms with E-state index in [0.717, 1.165) is 5.56 Å². The van der Waals surface area contributed by atoms with Crippen LogP contribution in [0.25, 0.3) is 0 Å². The first kappa shape index (κ1) is 16.8. The Morgan fingerprint density at radius 2 is 2.20 bits per heavy atom. The first-order valence-corrected chi connectivity index (χ1v) is 7.93. The Bertz CT molecular complexity index is 832. The summed E-state index contributed by atoms with van der Waals surface area (Å²) in [5.41, 5.74) is 1.80. The first-order chi connectivity index (χ1) is 12.0. The van der Waals surface area contributed by atoms with Gasteiger partial charge in [0.2, 0.25) is 0 Å². The lowest BCUT2D eigenvalue weighted by Gasteiger charge is -2.12. The second kappa shape index (κ2) is 7.22. The summed E-state index contributed by atoms with van der Waals surface area (Å²) in [5.74, 6) is -0.748. The number of esters is 1. The summed E-state index contributed by atoms with van der Waals surface area (Å²) >= 11 is 0. The van der Waals surface area contributed by atoms with Crippen LogP contribution < -0.4 is 10.1 Å². The Labute approximate surface area is 145 Å². The van der Waals surface area contributed by atoms with E-state index in [1.54, 1.807) is 24.3 Å². The van der Waals surface area contributed by atoms with Crippen LogP contribution in [0.4, 0.5) is 10.1 Å². The lowest BCUT2D eigenvalue weighted by Crippen LogP contribution is -2.24. The molecule has 25 heavy (non-hydrogen) atoms. The Hall–Kier alpha value is -3.07. The second-order valence-electron chi connectivity index (χ2n) is 5.93. The summed E-state index contributed by atoms with van der Waals surface area (Å²) in [6.07, 6.45) is 0.412. The van der Waals surface area contributed by atoms with Gasteiger partial charge < -0.3 is 14.8 Å². The van der Waals surface area contributed by atoms with E-state index >= 15 is 0 Å². The fraction of sp³-hybridized carbons (Fsp3) is 0.263. The van der Waals surface area contributed by atoms with E-state index < -0.39 is 11.9 Å². The summed E-state index contributed by atoms with van der Waals surface area (Å²) in [5, 5.41) is 11.9. The maximum Gasteiger partial charge on any atom is 0.328 e. The SMILES string of the molecule is C[C@H]1C[C@@H](Nc2ccc(OCc3cccc(C#N)c3)c(F)c2)C(=O)O1. The number of hydrogen-bond donors (Lipinski definition) is 1. The number of rotatable bonds is 5. The number of carbonyl (C=O) groups excluding carboxylic acids is 1. The molecule has 0 amide bonds. The van der Waals surface area contributed by atoms with Gasteiger partial charge >= 0.3 is 5.97 Å². The third-order valence-corrected chi connectivity index (χ3v) is 3.89. The van der Waals surface area contributed by atoms with Crippen LogP contribution in [-0.4, -0.2) is 18.1 Å². The minimum atomic E-state index is -0.527. The number of hydrogen-bond acceptors (Lipinski definition) is 5. The molecule has 1 fully saturated rings. The van der Waals surface area contributed by atoms with Crippen LogP contribution >= 0.6 is 0 Å². The highest BCUT2D eigenvalue weighted by Crippen LogP contribution is 2.25. The maximum absolute atomic E-state index is 14.2. The first-order valence-electron chi connectivity index (χ1n) is 7.93. The van der Waals surface area contributed by atoms with Gasteiger partial charge in [-0.2, -0.15) is 5.26 Å². The predicted molar refractivity (Wildman–Crippen MR) is 89.5 cm³/mol. The molecule has 5 nitrogen and oxygen atoms in total. The molecular weight excluding hydrogens is 323 g/mol. The molecule has 0 aromatic heterocycles. The Kier molecular flexibility index (Phi) is 4.85. The molecule has 0 radical (unpaired) electrons. The zero-order chi connectivity index (χ0) is 17.8. The number of nitriles is 1. The van der Waals surface area contributed by atoms with E-state index in [0.29, 0.717) is 17.7 Å². The van der Waals surface area contributed by atoms with Gasteiger partial charge in [-0.15, -0.1) is 0 Å². The Morgan fingerprint density at radius 3 is 2.88 bits per heavy atom. The van der Waals surface area contributed by atoms with Gasteiger partial charge in [0.1, 0.15) is 18.8 Å². The molecule has 0 unspecified atom stereocenters. The summed E-state index contributed by atoms with van der Waals surface area (Å²) < 4.78 is 24.8. The summed E-state index contributed by atoms with van der Waals surface area (Å²) in [6, 6.07) is 13.0. The van der Waals surface area contributed by atoms with Crippen LogP contribution in [0.15, 0.2) is 42.5 Å². The number of halogens is 1. The number of benzene rings is 2. The lowest BCUT2D eigenvalue weighted by molar-refractivity contribution is -0.141. The van der Waals surface area contributed by atoms with Crippen LogP contribution in [0.3, 0.4) is 0 Å². The smallest absolute Gasteiger partial charge is 0.328 e. The molecule has 2 atom stereocenters. The Balaban J connectivity index is 1.64. The molecule has 1 aliphatic heterocycles. The van der Waals surface area contributed by atoms with Gasteiger partial charge in [-0.05, 0) is 36.8 Å². The number of cyclic esters (lactones) is 1. The minimum absolute atomic E-state index is 0.107. The average Bonchev–Trinajstić information content (AvgIpc) is 2.91. The number of anilines is 1. The third kappa shape index (κ3) is 4.07. The number of carbonyl (C=O) groups is 1. The molecule has 0 aliphatic carbocycles. The van der Waals surface area contributed by atoms with E-state index in [4.69, 9.17) is 14.7 Å². The third-order valence-electron chi connectivity index (χ3n) is 3.89. The van der Waals surface area contributed by atoms with Crippen LogP contribution in [-0.2, 0) is 16.1 Å². The topological polar surface area (TPSA) is 71.3 Å². The molecule has 2 aromatic rings. The van der Waals surface area contributed by atoms with Gasteiger partial charge in [0.15, 0.2) is 11.6 Å². The molecule has 1 aliphatic rings. The molecule has 128 valence electrons. The van der Waals surface area contributed by atoms with Crippen molar-refractivity contribution in [3.8, 4) is 11.8 Å². The highest BCUT2D eigenvalue weighted by molar-refractivity contribution is 5.81. The highest BCUT2D eigenvalue weighted by Gasteiger charge is 2.31. The van der Waals surface area contributed by atoms with Crippen LogP contribution in [0.2, 0.25) is 0 Å². The summed E-state index contributed by atoms with van der Waals surface area (Å²) in [4.78, 5) is 11.6. The van der Waals surface area contributed by atoms with Crippen molar-refractivity contribution < 1.29 is 18.7 Å². The second-order valence-corrected chi connectivity index (χ2v) is 5.93. The molecule has 0 saturated carbocycles. The summed E-state index contributed by atoms with van der Waals surface area (Å²) in [6.45, 7) is 1.98. The van der Waals surface area contributed by atoms with Crippen LogP contribution in [0, 0.1) is 17.1 Å². The molecule has 1 N–H and O–H groups in total. The lowest BCUT2D eigenvalue weighted by atomic mass is 10.1. The molecule has 6 heteroatoms. The van der Waals surface area contributed by atoms with Crippen molar-refractivity contribution in [2.75, 3.05) is 5.32 Å². The van der Waals surface area contributed by atoms with E-state index in [1.165, 1.54) is 12.1 Å². The number of nitrogens with one attached hydrogen (secondary N) is 1. The fourth-order valence-corrected chi connectivity index (χ4v) is 2.68. The fourth-order valence-electron chi connectivity index (χ4n) is 2.68. The minimum Gasteiger partial charge on any atom is -0.486 e. The van der Waals surface area contributed by atoms with Crippen molar-refractivity contribution in [2.24, 2.45) is 0 Å². The zero-order valence-electron chi connectivity index (χ0n) is 13.7. The highest BCUT2D eigenvalue weighted by atomic mass is 19.1. The normalized spacial score (nSPS) is 19.2. The Morgan fingerprint density at radius 1 is 1.36 bits per heavy atom. The van der Waals surface area contributed by atoms with E-state index in [2.05, 4.69) is 5.32 Å². The molecule has 1 saturated heterocycles. The van der Waals surface area contributed by atoms with Gasteiger partial charge in [0, 0.05) is 18.2 Å². The van der Waals surface area contributed by atoms with Gasteiger partial charge in [-0.3, -0.25) is 0 Å². The van der Waals surface area contributed by atoms with Crippen LogP contribution in [0.1, 0.15) is 24.5 Å². The van der Waals surface area contributed by atoms with E-state index in [1.807, 2.05) is 19.1 Å². The predicted octanol–water partition coefficient (Wildman–Crippen LogP) is 3.39. The van der Waals surface area contributed by atoms with Gasteiger partial charge in [-0.25, -0.2) is 9.18 Å². The van der Waals surface area contributed by atoms with E-state index in [-0.39, 0.29) is 24.4 Å². The largest absolute Gasteiger partial charge is 0.486 e. The van der Waals surface area contributed by atoms with Crippen LogP contribution in [0.5, 0.6) is 5.75 Å². The van der Waals surface area contributed by atoms with Crippen molar-refractivity contribution in [3.05, 3.63) is 59.4 Å². The molecule has 1 heterocycles. The number of nitrogens with zero attached hydrogens (tertiary/aromatic N) is 1. The van der Waals surface area contributed by atoms with Crippen molar-refractivity contribution in [2.45, 2.75) is 32.1 Å². The van der Waals surface area contributed by atoms with Crippen molar-refractivity contribution in [1.82, 2.24) is 0 Å². The molecule has 0 spiro atoms. The standard InChI is InChI=1S/C19H17FN2O3/c1-12-7-17(19(23)25-12)22-15-5-6-18(16(20)9-15)24-11-14-4-2-3-13(8-14)10-21/h2-6,8-9,12,17,22H,7,11H2,1H3/t12-,17+/m0/s1. The zero-order valence-corrected chi connectivity index (χ0v) is 13.7. The average molecular weight is 340 g/mol. The summed E-state index contributed by atoms with van der Waals surface area (Å²) in [7, 11) is 0. The van der Waals surface area contributed by atoms with E-state index in [9.17, 15) is 9.18 Å². The molecule has 2 aromatic carbocycles. The quantitative estimate of drug-likeness (QED) is 0.845. The number of ether oxygens (including phenoxy) is 2. The molecule has 0 bridgehead atoms. The monoisotopic (exact) mass is 340 g/mol. The van der Waals surface area contributed by atoms with Crippen molar-refractivity contribution in [3.63, 3.8) is 0 Å². The van der Waals surface area contributed by atoms with Crippen molar-refractivity contribution >= 4 is 11.7 Å². The van der Waals surface area contributed by atoms with Gasteiger partial charge in [-0.1, -0.05) is 12.1 Å². The molecular formula is C19H17FN2O3.